The molecule has 0 amide bonds. The Morgan fingerprint density at radius 1 is 0.905 bits per heavy atom. The van der Waals surface area contributed by atoms with Gasteiger partial charge in [-0.15, -0.1) is 0 Å². The number of benzene rings is 1. The van der Waals surface area contributed by atoms with E-state index in [1.807, 2.05) is 12.1 Å². The molecule has 0 aliphatic rings. The van der Waals surface area contributed by atoms with Crippen molar-refractivity contribution in [3.05, 3.63) is 17.7 Å². The zero-order valence-corrected chi connectivity index (χ0v) is 13.8. The van der Waals surface area contributed by atoms with Crippen molar-refractivity contribution in [1.82, 2.24) is 0 Å². The van der Waals surface area contributed by atoms with Crippen LogP contribution in [-0.2, 0) is 0 Å². The van der Waals surface area contributed by atoms with Gasteiger partial charge in [-0.1, -0.05) is 39.0 Å². The summed E-state index contributed by atoms with van der Waals surface area (Å²) in [5.41, 5.74) is 7.28. The highest BCUT2D eigenvalue weighted by molar-refractivity contribution is 5.52. The predicted molar refractivity (Wildman–Crippen MR) is 86.4 cm³/mol. The van der Waals surface area contributed by atoms with E-state index >= 15 is 0 Å². The maximum atomic E-state index is 6.35. The number of unbranched alkanes of at least 4 members (excludes halogenated alkanes) is 4. The predicted octanol–water partition coefficient (Wildman–Crippen LogP) is 4.07. The summed E-state index contributed by atoms with van der Waals surface area (Å²) < 4.78 is 16.2. The van der Waals surface area contributed by atoms with Crippen LogP contribution in [0.4, 0.5) is 0 Å². The van der Waals surface area contributed by atoms with Crippen LogP contribution in [0, 0.1) is 0 Å². The van der Waals surface area contributed by atoms with Crippen molar-refractivity contribution in [3.63, 3.8) is 0 Å². The first kappa shape index (κ1) is 17.6. The second-order valence-electron chi connectivity index (χ2n) is 5.25. The fraction of sp³-hybridized carbons (Fsp3) is 0.647. The van der Waals surface area contributed by atoms with Gasteiger partial charge in [0.15, 0.2) is 0 Å². The third-order valence-electron chi connectivity index (χ3n) is 3.74. The van der Waals surface area contributed by atoms with Gasteiger partial charge in [0.1, 0.15) is 17.2 Å². The number of hydrogen-bond donors (Lipinski definition) is 1. The second kappa shape index (κ2) is 9.50. The molecule has 1 atom stereocenters. The highest BCUT2D eigenvalue weighted by Gasteiger charge is 2.19. The lowest BCUT2D eigenvalue weighted by molar-refractivity contribution is 0.361. The van der Waals surface area contributed by atoms with E-state index in [1.165, 1.54) is 25.7 Å². The van der Waals surface area contributed by atoms with E-state index in [1.54, 1.807) is 21.3 Å². The third-order valence-corrected chi connectivity index (χ3v) is 3.74. The lowest BCUT2D eigenvalue weighted by Crippen LogP contribution is -2.13. The fourth-order valence-corrected chi connectivity index (χ4v) is 2.51. The first-order chi connectivity index (χ1) is 10.2. The monoisotopic (exact) mass is 295 g/mol. The Hall–Kier alpha value is -1.42. The molecule has 2 N–H and O–H groups in total. The van der Waals surface area contributed by atoms with Gasteiger partial charge < -0.3 is 19.9 Å². The van der Waals surface area contributed by atoms with E-state index in [2.05, 4.69) is 6.92 Å². The molecule has 0 radical (unpaired) electrons. The summed E-state index contributed by atoms with van der Waals surface area (Å²) in [4.78, 5) is 0. The van der Waals surface area contributed by atoms with E-state index in [0.717, 1.165) is 29.9 Å². The summed E-state index contributed by atoms with van der Waals surface area (Å²) in [6.45, 7) is 2.22. The maximum absolute atomic E-state index is 6.35. The van der Waals surface area contributed by atoms with Crippen LogP contribution in [0.5, 0.6) is 17.2 Å². The zero-order chi connectivity index (χ0) is 15.7. The maximum Gasteiger partial charge on any atom is 0.131 e. The Morgan fingerprint density at radius 2 is 1.48 bits per heavy atom. The Kier molecular flexibility index (Phi) is 7.98. The van der Waals surface area contributed by atoms with Crippen LogP contribution >= 0.6 is 0 Å². The van der Waals surface area contributed by atoms with Crippen LogP contribution in [0.15, 0.2) is 12.1 Å². The summed E-state index contributed by atoms with van der Waals surface area (Å²) in [7, 11) is 4.92. The minimum atomic E-state index is -0.0811. The molecular formula is C17H29NO3. The van der Waals surface area contributed by atoms with Crippen LogP contribution < -0.4 is 19.9 Å². The Balaban J connectivity index is 2.79. The average molecular weight is 295 g/mol. The highest BCUT2D eigenvalue weighted by atomic mass is 16.5. The van der Waals surface area contributed by atoms with Crippen LogP contribution in [0.1, 0.15) is 57.1 Å². The molecular weight excluding hydrogens is 266 g/mol. The van der Waals surface area contributed by atoms with Crippen LogP contribution in [-0.4, -0.2) is 21.3 Å². The van der Waals surface area contributed by atoms with E-state index in [9.17, 15) is 0 Å². The van der Waals surface area contributed by atoms with Gasteiger partial charge in [0.05, 0.1) is 26.9 Å². The molecule has 0 aromatic heterocycles. The van der Waals surface area contributed by atoms with Crippen LogP contribution in [0.25, 0.3) is 0 Å². The molecule has 0 heterocycles. The Labute approximate surface area is 128 Å². The smallest absolute Gasteiger partial charge is 0.131 e. The zero-order valence-electron chi connectivity index (χ0n) is 13.8. The van der Waals surface area contributed by atoms with E-state index in [-0.39, 0.29) is 6.04 Å². The average Bonchev–Trinajstić information content (AvgIpc) is 2.52. The molecule has 0 aliphatic carbocycles. The van der Waals surface area contributed by atoms with Gasteiger partial charge in [-0.25, -0.2) is 0 Å². The lowest BCUT2D eigenvalue weighted by Gasteiger charge is -2.20. The van der Waals surface area contributed by atoms with Crippen molar-refractivity contribution in [2.45, 2.75) is 51.5 Å². The molecule has 21 heavy (non-hydrogen) atoms. The number of hydrogen-bond acceptors (Lipinski definition) is 4. The largest absolute Gasteiger partial charge is 0.496 e. The standard InChI is InChI=1S/C17H29NO3/c1-5-6-7-8-9-10-14(18)17-15(20-3)11-13(19-2)12-16(17)21-4/h11-12,14H,5-10,18H2,1-4H3. The van der Waals surface area contributed by atoms with Gasteiger partial charge in [-0.05, 0) is 6.42 Å². The van der Waals surface area contributed by atoms with Crippen LogP contribution in [0.3, 0.4) is 0 Å². The molecule has 1 aromatic rings. The molecule has 120 valence electrons. The van der Waals surface area contributed by atoms with Gasteiger partial charge >= 0.3 is 0 Å². The molecule has 0 bridgehead atoms. The molecule has 0 saturated carbocycles. The number of methoxy groups -OCH3 is 3. The SMILES string of the molecule is CCCCCCCC(N)c1c(OC)cc(OC)cc1OC. The highest BCUT2D eigenvalue weighted by Crippen LogP contribution is 2.38. The van der Waals surface area contributed by atoms with Crippen molar-refractivity contribution in [2.75, 3.05) is 21.3 Å². The van der Waals surface area contributed by atoms with Gasteiger partial charge in [0.2, 0.25) is 0 Å². The fourth-order valence-electron chi connectivity index (χ4n) is 2.51. The molecule has 4 nitrogen and oxygen atoms in total. The Morgan fingerprint density at radius 3 is 1.95 bits per heavy atom. The molecule has 0 fully saturated rings. The first-order valence-corrected chi connectivity index (χ1v) is 7.73. The molecule has 1 unspecified atom stereocenters. The molecule has 1 rings (SSSR count). The summed E-state index contributed by atoms with van der Waals surface area (Å²) in [6.07, 6.45) is 7.11. The summed E-state index contributed by atoms with van der Waals surface area (Å²) in [6, 6.07) is 3.63. The van der Waals surface area contributed by atoms with Gasteiger partial charge in [0.25, 0.3) is 0 Å². The van der Waals surface area contributed by atoms with E-state index in [0.29, 0.717) is 5.75 Å². The molecule has 0 spiro atoms. The van der Waals surface area contributed by atoms with Crippen molar-refractivity contribution in [1.29, 1.82) is 0 Å². The van der Waals surface area contributed by atoms with E-state index < -0.39 is 0 Å². The van der Waals surface area contributed by atoms with Crippen molar-refractivity contribution in [2.24, 2.45) is 5.73 Å². The summed E-state index contributed by atoms with van der Waals surface area (Å²) >= 11 is 0. The van der Waals surface area contributed by atoms with Crippen molar-refractivity contribution in [3.8, 4) is 17.2 Å². The second-order valence-corrected chi connectivity index (χ2v) is 5.25. The summed E-state index contributed by atoms with van der Waals surface area (Å²) in [5.74, 6) is 2.17. The molecule has 4 heteroatoms. The quantitative estimate of drug-likeness (QED) is 0.661. The first-order valence-electron chi connectivity index (χ1n) is 7.73. The number of nitrogens with two attached hydrogens (primary N) is 1. The van der Waals surface area contributed by atoms with Crippen LogP contribution in [0.2, 0.25) is 0 Å². The lowest BCUT2D eigenvalue weighted by atomic mass is 9.98. The normalized spacial score (nSPS) is 12.0. The molecule has 0 aliphatic heterocycles. The van der Waals surface area contributed by atoms with Gasteiger partial charge in [-0.2, -0.15) is 0 Å². The topological polar surface area (TPSA) is 53.7 Å². The van der Waals surface area contributed by atoms with Crippen molar-refractivity contribution < 1.29 is 14.2 Å². The minimum absolute atomic E-state index is 0.0811. The van der Waals surface area contributed by atoms with Gasteiger partial charge in [-0.3, -0.25) is 0 Å². The molecule has 1 aromatic carbocycles. The molecule has 0 saturated heterocycles. The minimum Gasteiger partial charge on any atom is -0.496 e. The van der Waals surface area contributed by atoms with Crippen molar-refractivity contribution >= 4 is 0 Å². The summed E-state index contributed by atoms with van der Waals surface area (Å²) in [5, 5.41) is 0. The third kappa shape index (κ3) is 5.12. The number of rotatable bonds is 10. The number of ether oxygens (including phenoxy) is 3. The van der Waals surface area contributed by atoms with Gasteiger partial charge in [0, 0.05) is 18.2 Å². The van der Waals surface area contributed by atoms with E-state index in [4.69, 9.17) is 19.9 Å². The Bertz CT molecular complexity index is 395.